The molecule has 1 aromatic carbocycles. The van der Waals surface area contributed by atoms with E-state index in [1.54, 1.807) is 0 Å². The van der Waals surface area contributed by atoms with Gasteiger partial charge in [-0.05, 0) is 49.9 Å². The molecule has 31 heavy (non-hydrogen) atoms. The quantitative estimate of drug-likeness (QED) is 0.692. The molecule has 0 spiro atoms. The maximum absolute atomic E-state index is 13.9. The molecule has 0 bridgehead atoms. The predicted molar refractivity (Wildman–Crippen MR) is 114 cm³/mol. The van der Waals surface area contributed by atoms with Crippen LogP contribution in [-0.2, 0) is 17.6 Å². The minimum atomic E-state index is -0.973. The number of nitrogens with zero attached hydrogens (tertiary/aromatic N) is 2. The standard InChI is InChI=1S/C22H29F2N5O2/c1-22(2,3)19(20(30)26-5)27-21(31)29-17-9-7-13(25-4)11-14(17)18(28-29)12-6-8-15(23)16(24)10-12/h6,8,10,13,19,25H,7,9,11H2,1-5H3,(H,26,30)(H,27,31). The summed E-state index contributed by atoms with van der Waals surface area (Å²) >= 11 is 0. The number of hydrogen-bond donors (Lipinski definition) is 3. The Morgan fingerprint density at radius 3 is 2.48 bits per heavy atom. The van der Waals surface area contributed by atoms with Gasteiger partial charge >= 0.3 is 6.03 Å². The molecule has 2 unspecified atom stereocenters. The zero-order valence-electron chi connectivity index (χ0n) is 18.5. The lowest BCUT2D eigenvalue weighted by atomic mass is 9.86. The van der Waals surface area contributed by atoms with Gasteiger partial charge in [0.05, 0.1) is 11.4 Å². The van der Waals surface area contributed by atoms with Crippen molar-refractivity contribution in [1.29, 1.82) is 0 Å². The Morgan fingerprint density at radius 2 is 1.90 bits per heavy atom. The fourth-order valence-corrected chi connectivity index (χ4v) is 3.91. The number of rotatable bonds is 4. The first-order valence-electron chi connectivity index (χ1n) is 10.3. The molecule has 0 saturated heterocycles. The summed E-state index contributed by atoms with van der Waals surface area (Å²) in [5.74, 6) is -2.22. The summed E-state index contributed by atoms with van der Waals surface area (Å²) in [7, 11) is 3.38. The highest BCUT2D eigenvalue weighted by Crippen LogP contribution is 2.32. The molecule has 2 aromatic rings. The molecule has 1 heterocycles. The molecule has 2 amide bonds. The molecule has 0 fully saturated rings. The molecule has 0 saturated carbocycles. The van der Waals surface area contributed by atoms with Crippen molar-refractivity contribution in [3.8, 4) is 11.3 Å². The highest BCUT2D eigenvalue weighted by atomic mass is 19.2. The van der Waals surface area contributed by atoms with Gasteiger partial charge in [-0.25, -0.2) is 13.6 Å². The van der Waals surface area contributed by atoms with Gasteiger partial charge in [-0.2, -0.15) is 9.78 Å². The summed E-state index contributed by atoms with van der Waals surface area (Å²) < 4.78 is 28.6. The van der Waals surface area contributed by atoms with E-state index in [9.17, 15) is 18.4 Å². The average Bonchev–Trinajstić information content (AvgIpc) is 3.11. The number of carbonyl (C=O) groups is 2. The average molecular weight is 434 g/mol. The van der Waals surface area contributed by atoms with Crippen molar-refractivity contribution >= 4 is 11.9 Å². The summed E-state index contributed by atoms with van der Waals surface area (Å²) in [6.07, 6.45) is 1.99. The van der Waals surface area contributed by atoms with Crippen molar-refractivity contribution < 1.29 is 18.4 Å². The van der Waals surface area contributed by atoms with Gasteiger partial charge < -0.3 is 16.0 Å². The van der Waals surface area contributed by atoms with Crippen LogP contribution in [0, 0.1) is 17.0 Å². The van der Waals surface area contributed by atoms with Gasteiger partial charge in [0.25, 0.3) is 0 Å². The van der Waals surface area contributed by atoms with Crippen LogP contribution in [0.25, 0.3) is 11.3 Å². The van der Waals surface area contributed by atoms with E-state index in [2.05, 4.69) is 21.0 Å². The smallest absolute Gasteiger partial charge is 0.343 e. The lowest BCUT2D eigenvalue weighted by Gasteiger charge is -2.30. The molecule has 7 nitrogen and oxygen atoms in total. The maximum Gasteiger partial charge on any atom is 0.343 e. The molecule has 3 N–H and O–H groups in total. The van der Waals surface area contributed by atoms with Gasteiger partial charge in [0.15, 0.2) is 11.6 Å². The van der Waals surface area contributed by atoms with Crippen LogP contribution in [0.5, 0.6) is 0 Å². The summed E-state index contributed by atoms with van der Waals surface area (Å²) in [4.78, 5) is 25.5. The molecule has 0 aliphatic heterocycles. The molecule has 1 aromatic heterocycles. The van der Waals surface area contributed by atoms with E-state index in [1.165, 1.54) is 17.8 Å². The second-order valence-corrected chi connectivity index (χ2v) is 8.91. The summed E-state index contributed by atoms with van der Waals surface area (Å²) in [5.41, 5.74) is 1.85. The highest BCUT2D eigenvalue weighted by Gasteiger charge is 2.35. The maximum atomic E-state index is 13.9. The molecule has 1 aliphatic rings. The Hall–Kier alpha value is -2.81. The van der Waals surface area contributed by atoms with E-state index in [0.717, 1.165) is 24.1 Å². The van der Waals surface area contributed by atoms with Crippen molar-refractivity contribution in [2.75, 3.05) is 14.1 Å². The number of likely N-dealkylation sites (N-methyl/N-ethyl adjacent to an activating group) is 2. The number of carbonyl (C=O) groups excluding carboxylic acids is 2. The van der Waals surface area contributed by atoms with Crippen molar-refractivity contribution in [2.24, 2.45) is 5.41 Å². The summed E-state index contributed by atoms with van der Waals surface area (Å²) in [6, 6.07) is 2.48. The fraction of sp³-hybridized carbons (Fsp3) is 0.500. The summed E-state index contributed by atoms with van der Waals surface area (Å²) in [6.45, 7) is 5.57. The number of hydrogen-bond acceptors (Lipinski definition) is 4. The van der Waals surface area contributed by atoms with Crippen LogP contribution >= 0.6 is 0 Å². The third-order valence-electron chi connectivity index (χ3n) is 5.71. The van der Waals surface area contributed by atoms with Crippen LogP contribution in [-0.4, -0.2) is 47.9 Å². The van der Waals surface area contributed by atoms with E-state index in [1.807, 2.05) is 27.8 Å². The van der Waals surface area contributed by atoms with Gasteiger partial charge in [0.2, 0.25) is 5.91 Å². The van der Waals surface area contributed by atoms with Crippen molar-refractivity contribution in [1.82, 2.24) is 25.7 Å². The predicted octanol–water partition coefficient (Wildman–Crippen LogP) is 2.62. The molecule has 3 rings (SSSR count). The number of fused-ring (bicyclic) bond motifs is 1. The molecule has 9 heteroatoms. The second-order valence-electron chi connectivity index (χ2n) is 8.91. The highest BCUT2D eigenvalue weighted by molar-refractivity contribution is 5.88. The molecule has 0 radical (unpaired) electrons. The third-order valence-corrected chi connectivity index (χ3v) is 5.71. The van der Waals surface area contributed by atoms with Crippen molar-refractivity contribution in [3.05, 3.63) is 41.1 Å². The summed E-state index contributed by atoms with van der Waals surface area (Å²) in [5, 5.41) is 13.1. The van der Waals surface area contributed by atoms with Gasteiger partial charge in [0.1, 0.15) is 6.04 Å². The minimum absolute atomic E-state index is 0.186. The number of aromatic nitrogens is 2. The van der Waals surface area contributed by atoms with E-state index >= 15 is 0 Å². The lowest BCUT2D eigenvalue weighted by Crippen LogP contribution is -2.54. The molecular formula is C22H29F2N5O2. The Bertz CT molecular complexity index is 997. The van der Waals surface area contributed by atoms with E-state index < -0.39 is 29.1 Å². The SMILES string of the molecule is CNC(=O)C(NC(=O)n1nc(-c2ccc(F)c(F)c2)c2c1CCC(NC)C2)C(C)(C)C. The number of amides is 2. The van der Waals surface area contributed by atoms with Gasteiger partial charge in [-0.1, -0.05) is 20.8 Å². The monoisotopic (exact) mass is 433 g/mol. The lowest BCUT2D eigenvalue weighted by molar-refractivity contribution is -0.124. The zero-order valence-corrected chi connectivity index (χ0v) is 18.5. The first-order chi connectivity index (χ1) is 14.6. The first kappa shape index (κ1) is 22.9. The topological polar surface area (TPSA) is 88.1 Å². The molecule has 2 atom stereocenters. The Labute approximate surface area is 180 Å². The van der Waals surface area contributed by atoms with Crippen molar-refractivity contribution in [2.45, 2.75) is 52.1 Å². The van der Waals surface area contributed by atoms with Gasteiger partial charge in [-0.15, -0.1) is 0 Å². The Morgan fingerprint density at radius 1 is 1.19 bits per heavy atom. The first-order valence-corrected chi connectivity index (χ1v) is 10.3. The normalized spacial score (nSPS) is 17.1. The second kappa shape index (κ2) is 8.74. The van der Waals surface area contributed by atoms with Crippen LogP contribution in [0.2, 0.25) is 0 Å². The Balaban J connectivity index is 2.04. The number of nitrogens with one attached hydrogen (secondary N) is 3. The van der Waals surface area contributed by atoms with Crippen LogP contribution in [0.3, 0.4) is 0 Å². The Kier molecular flexibility index (Phi) is 6.45. The van der Waals surface area contributed by atoms with E-state index in [4.69, 9.17) is 0 Å². The van der Waals surface area contributed by atoms with Crippen LogP contribution < -0.4 is 16.0 Å². The van der Waals surface area contributed by atoms with Crippen LogP contribution in [0.4, 0.5) is 13.6 Å². The van der Waals surface area contributed by atoms with Crippen LogP contribution in [0.15, 0.2) is 18.2 Å². The van der Waals surface area contributed by atoms with Crippen molar-refractivity contribution in [3.63, 3.8) is 0 Å². The van der Waals surface area contributed by atoms with Crippen LogP contribution in [0.1, 0.15) is 38.4 Å². The minimum Gasteiger partial charge on any atom is -0.357 e. The van der Waals surface area contributed by atoms with Gasteiger partial charge in [-0.3, -0.25) is 4.79 Å². The molecule has 168 valence electrons. The molecular weight excluding hydrogens is 404 g/mol. The van der Waals surface area contributed by atoms with E-state index in [0.29, 0.717) is 29.8 Å². The van der Waals surface area contributed by atoms with Gasteiger partial charge in [0, 0.05) is 24.2 Å². The molecule has 1 aliphatic carbocycles. The fourth-order valence-electron chi connectivity index (χ4n) is 3.91. The third kappa shape index (κ3) is 4.61. The zero-order chi connectivity index (χ0) is 22.9. The number of halogens is 2. The number of benzene rings is 1. The van der Waals surface area contributed by atoms with E-state index in [-0.39, 0.29) is 11.9 Å². The largest absolute Gasteiger partial charge is 0.357 e.